The topological polar surface area (TPSA) is 109 Å². The van der Waals surface area contributed by atoms with Crippen LogP contribution in [0.2, 0.25) is 0 Å². The van der Waals surface area contributed by atoms with Gasteiger partial charge in [0.1, 0.15) is 11.7 Å². The van der Waals surface area contributed by atoms with Crippen molar-refractivity contribution in [2.45, 2.75) is 12.8 Å². The zero-order valence-electron chi connectivity index (χ0n) is 19.5. The fraction of sp³-hybridized carbons (Fsp3) is 0.192. The van der Waals surface area contributed by atoms with Gasteiger partial charge >= 0.3 is 0 Å². The van der Waals surface area contributed by atoms with E-state index in [1.54, 1.807) is 0 Å². The predicted molar refractivity (Wildman–Crippen MR) is 147 cm³/mol. The molecule has 1 amide bonds. The minimum Gasteiger partial charge on any atom is -0.384 e. The molecule has 0 atom stereocenters. The molecule has 0 saturated carbocycles. The Bertz CT molecular complexity index is 1270. The maximum Gasteiger partial charge on any atom is 0.251 e. The zero-order chi connectivity index (χ0) is 23.2. The molecule has 4 rings (SSSR count). The summed E-state index contributed by atoms with van der Waals surface area (Å²) in [6.45, 7) is 1.18. The maximum atomic E-state index is 12.6. The number of fused-ring (bicyclic) bond motifs is 1. The molecule has 0 radical (unpaired) electrons. The number of benzene rings is 3. The van der Waals surface area contributed by atoms with Gasteiger partial charge in [-0.05, 0) is 42.3 Å². The maximum absolute atomic E-state index is 12.6. The van der Waals surface area contributed by atoms with Crippen molar-refractivity contribution in [2.75, 3.05) is 18.4 Å². The summed E-state index contributed by atoms with van der Waals surface area (Å²) in [5, 5.41) is 13.7. The number of halogens is 2. The van der Waals surface area contributed by atoms with Gasteiger partial charge in [-0.3, -0.25) is 10.2 Å². The second-order valence-corrected chi connectivity index (χ2v) is 7.95. The van der Waals surface area contributed by atoms with Crippen molar-refractivity contribution in [3.8, 4) is 0 Å². The van der Waals surface area contributed by atoms with Crippen LogP contribution in [-0.2, 0) is 19.9 Å². The Morgan fingerprint density at radius 1 is 0.943 bits per heavy atom. The van der Waals surface area contributed by atoms with E-state index >= 15 is 0 Å². The highest BCUT2D eigenvalue weighted by molar-refractivity contribution is 5.97. The van der Waals surface area contributed by atoms with E-state index in [2.05, 4.69) is 15.2 Å². The number of hydrogen-bond acceptors (Lipinski definition) is 4. The van der Waals surface area contributed by atoms with Crippen LogP contribution in [0.4, 0.5) is 5.69 Å². The molecule has 1 aromatic heterocycles. The SMILES string of the molecule is Cl.Cl.Cn1c(CCc2ccc(C(=N)N)cc2)nc2cc(C(=O)NCCNc3ccccc3)ccc21. The lowest BCUT2D eigenvalue weighted by Gasteiger charge is -2.08. The van der Waals surface area contributed by atoms with Crippen molar-refractivity contribution in [3.63, 3.8) is 0 Å². The van der Waals surface area contributed by atoms with Gasteiger partial charge in [-0.1, -0.05) is 42.5 Å². The number of aromatic nitrogens is 2. The number of nitrogens with one attached hydrogen (secondary N) is 3. The molecule has 5 N–H and O–H groups in total. The van der Waals surface area contributed by atoms with Crippen molar-refractivity contribution in [1.82, 2.24) is 14.9 Å². The molecule has 9 heteroatoms. The number of hydrogen-bond donors (Lipinski definition) is 4. The first-order valence-electron chi connectivity index (χ1n) is 11.0. The number of anilines is 1. The van der Waals surface area contributed by atoms with Crippen LogP contribution in [0.5, 0.6) is 0 Å². The third-order valence-electron chi connectivity index (χ3n) is 5.65. The summed E-state index contributed by atoms with van der Waals surface area (Å²) in [6, 6.07) is 23.3. The van der Waals surface area contributed by atoms with Gasteiger partial charge in [0.05, 0.1) is 11.0 Å². The molecule has 0 bridgehead atoms. The molecular weight excluding hydrogens is 483 g/mol. The first kappa shape index (κ1) is 27.7. The molecule has 3 aromatic carbocycles. The van der Waals surface area contributed by atoms with E-state index in [-0.39, 0.29) is 36.6 Å². The van der Waals surface area contributed by atoms with Crippen LogP contribution in [0, 0.1) is 5.41 Å². The number of aryl methyl sites for hydroxylation is 3. The molecule has 35 heavy (non-hydrogen) atoms. The van der Waals surface area contributed by atoms with Gasteiger partial charge in [0.2, 0.25) is 0 Å². The lowest BCUT2D eigenvalue weighted by molar-refractivity contribution is 0.0955. The van der Waals surface area contributed by atoms with Crippen LogP contribution in [0.1, 0.15) is 27.3 Å². The molecule has 0 spiro atoms. The number of carbonyl (C=O) groups excluding carboxylic acids is 1. The van der Waals surface area contributed by atoms with Crippen LogP contribution in [-0.4, -0.2) is 34.4 Å². The predicted octanol–water partition coefficient (Wildman–Crippen LogP) is 4.33. The lowest BCUT2D eigenvalue weighted by Crippen LogP contribution is -2.28. The molecule has 0 fully saturated rings. The van der Waals surface area contributed by atoms with Crippen molar-refractivity contribution in [1.29, 1.82) is 5.41 Å². The van der Waals surface area contributed by atoms with Crippen LogP contribution >= 0.6 is 24.8 Å². The summed E-state index contributed by atoms with van der Waals surface area (Å²) in [5.74, 6) is 0.930. The number of para-hydroxylation sites is 1. The van der Waals surface area contributed by atoms with E-state index in [9.17, 15) is 4.79 Å². The summed E-state index contributed by atoms with van der Waals surface area (Å²) < 4.78 is 2.07. The van der Waals surface area contributed by atoms with Gasteiger partial charge in [-0.25, -0.2) is 4.98 Å². The largest absolute Gasteiger partial charge is 0.384 e. The molecule has 4 aromatic rings. The van der Waals surface area contributed by atoms with E-state index in [4.69, 9.17) is 16.1 Å². The van der Waals surface area contributed by atoms with Crippen LogP contribution in [0.15, 0.2) is 72.8 Å². The monoisotopic (exact) mass is 512 g/mol. The number of rotatable bonds is 9. The first-order chi connectivity index (χ1) is 16.0. The Labute approximate surface area is 217 Å². The summed E-state index contributed by atoms with van der Waals surface area (Å²) in [4.78, 5) is 17.3. The Balaban J connectivity index is 0.00000216. The number of nitrogens with zero attached hydrogens (tertiary/aromatic N) is 2. The molecular formula is C26H30Cl2N6O. The number of nitrogens with two attached hydrogens (primary N) is 1. The van der Waals surface area contributed by atoms with Gasteiger partial charge in [-0.2, -0.15) is 0 Å². The van der Waals surface area contributed by atoms with Crippen molar-refractivity contribution in [3.05, 3.63) is 95.3 Å². The van der Waals surface area contributed by atoms with Crippen molar-refractivity contribution >= 4 is 53.3 Å². The minimum atomic E-state index is -0.107. The van der Waals surface area contributed by atoms with E-state index in [0.717, 1.165) is 46.5 Å². The summed E-state index contributed by atoms with van der Waals surface area (Å²) in [5.41, 5.74) is 10.9. The summed E-state index contributed by atoms with van der Waals surface area (Å²) in [7, 11) is 2.00. The smallest absolute Gasteiger partial charge is 0.251 e. The van der Waals surface area contributed by atoms with Gasteiger partial charge in [-0.15, -0.1) is 24.8 Å². The van der Waals surface area contributed by atoms with E-state index in [1.165, 1.54) is 0 Å². The normalized spacial score (nSPS) is 10.2. The van der Waals surface area contributed by atoms with Gasteiger partial charge in [0.25, 0.3) is 5.91 Å². The number of amidine groups is 1. The van der Waals surface area contributed by atoms with Gasteiger partial charge in [0.15, 0.2) is 0 Å². The Morgan fingerprint density at radius 3 is 2.31 bits per heavy atom. The second kappa shape index (κ2) is 12.8. The molecule has 0 aliphatic rings. The zero-order valence-corrected chi connectivity index (χ0v) is 21.1. The van der Waals surface area contributed by atoms with Crippen molar-refractivity contribution in [2.24, 2.45) is 12.8 Å². The molecule has 0 aliphatic carbocycles. The van der Waals surface area contributed by atoms with Crippen LogP contribution < -0.4 is 16.4 Å². The Morgan fingerprint density at radius 2 is 1.63 bits per heavy atom. The highest BCUT2D eigenvalue weighted by Crippen LogP contribution is 2.18. The molecule has 0 aliphatic heterocycles. The summed E-state index contributed by atoms with van der Waals surface area (Å²) >= 11 is 0. The quantitative estimate of drug-likeness (QED) is 0.152. The molecule has 1 heterocycles. The third kappa shape index (κ3) is 6.97. The first-order valence-corrected chi connectivity index (χ1v) is 11.0. The highest BCUT2D eigenvalue weighted by Gasteiger charge is 2.12. The van der Waals surface area contributed by atoms with Crippen LogP contribution in [0.25, 0.3) is 11.0 Å². The molecule has 184 valence electrons. The van der Waals surface area contributed by atoms with E-state index in [1.807, 2.05) is 79.8 Å². The molecule has 0 saturated heterocycles. The Kier molecular flexibility index (Phi) is 10.1. The third-order valence-corrected chi connectivity index (χ3v) is 5.65. The highest BCUT2D eigenvalue weighted by atomic mass is 35.5. The number of amides is 1. The summed E-state index contributed by atoms with van der Waals surface area (Å²) in [6.07, 6.45) is 1.61. The average Bonchev–Trinajstić information content (AvgIpc) is 3.16. The lowest BCUT2D eigenvalue weighted by atomic mass is 10.1. The fourth-order valence-electron chi connectivity index (χ4n) is 3.76. The fourth-order valence-corrected chi connectivity index (χ4v) is 3.76. The van der Waals surface area contributed by atoms with Gasteiger partial charge < -0.3 is 20.9 Å². The van der Waals surface area contributed by atoms with Gasteiger partial charge in [0, 0.05) is 43.4 Å². The number of imidazole rings is 1. The second-order valence-electron chi connectivity index (χ2n) is 7.95. The average molecular weight is 513 g/mol. The standard InChI is InChI=1S/C26H28N6O.2ClH/c1-32-23-13-12-20(26(33)30-16-15-29-21-5-3-2-4-6-21)17-22(23)31-24(32)14-9-18-7-10-19(11-8-18)25(27)28;;/h2-8,10-13,17,29H,9,14-16H2,1H3,(H3,27,28)(H,30,33);2*1H. The molecule has 0 unspecified atom stereocenters. The van der Waals surface area contributed by atoms with E-state index < -0.39 is 0 Å². The minimum absolute atomic E-state index is 0. The van der Waals surface area contributed by atoms with Crippen LogP contribution in [0.3, 0.4) is 0 Å². The Hall–Kier alpha value is -3.55. The van der Waals surface area contributed by atoms with Crippen molar-refractivity contribution < 1.29 is 4.79 Å². The number of nitrogen functional groups attached to an aromatic ring is 1. The molecule has 7 nitrogen and oxygen atoms in total. The number of carbonyl (C=O) groups is 1. The van der Waals surface area contributed by atoms with E-state index in [0.29, 0.717) is 18.7 Å².